The second-order valence-corrected chi connectivity index (χ2v) is 4.69. The van der Waals surface area contributed by atoms with Gasteiger partial charge in [-0.3, -0.25) is 9.88 Å². The molecule has 0 N–H and O–H groups in total. The van der Waals surface area contributed by atoms with Crippen LogP contribution < -0.4 is 4.90 Å². The fourth-order valence-corrected chi connectivity index (χ4v) is 1.94. The number of anilines is 1. The molecule has 0 radical (unpaired) electrons. The fraction of sp³-hybridized carbons (Fsp3) is 0.250. The highest BCUT2D eigenvalue weighted by Crippen LogP contribution is 2.21. The van der Waals surface area contributed by atoms with Gasteiger partial charge in [0.25, 0.3) is 0 Å². The topological polar surface area (TPSA) is 42.4 Å². The standard InChI is InChI=1S/C16H18N2O2/c1-12-6-7-15(9-13(12)2)18(16(19)20-3)11-14-5-4-8-17-10-14/h4-10H,11H2,1-3H3. The molecule has 0 atom stereocenters. The Morgan fingerprint density at radius 3 is 2.65 bits per heavy atom. The van der Waals surface area contributed by atoms with Crippen LogP contribution in [0.4, 0.5) is 10.5 Å². The molecule has 1 aromatic carbocycles. The number of hydrogen-bond acceptors (Lipinski definition) is 3. The van der Waals surface area contributed by atoms with E-state index in [1.807, 2.05) is 44.2 Å². The molecule has 0 fully saturated rings. The minimum Gasteiger partial charge on any atom is -0.452 e. The largest absolute Gasteiger partial charge is 0.452 e. The van der Waals surface area contributed by atoms with E-state index in [1.165, 1.54) is 12.7 Å². The highest BCUT2D eigenvalue weighted by atomic mass is 16.5. The Balaban J connectivity index is 2.32. The summed E-state index contributed by atoms with van der Waals surface area (Å²) in [6.45, 7) is 4.50. The van der Waals surface area contributed by atoms with Crippen molar-refractivity contribution in [3.8, 4) is 0 Å². The maximum atomic E-state index is 12.0. The average molecular weight is 270 g/mol. The van der Waals surface area contributed by atoms with Gasteiger partial charge >= 0.3 is 6.09 Å². The van der Waals surface area contributed by atoms with Crippen molar-refractivity contribution in [2.24, 2.45) is 0 Å². The van der Waals surface area contributed by atoms with Gasteiger partial charge in [0.15, 0.2) is 0 Å². The first-order valence-corrected chi connectivity index (χ1v) is 6.43. The molecule has 2 aromatic rings. The van der Waals surface area contributed by atoms with E-state index in [0.717, 1.165) is 16.8 Å². The van der Waals surface area contributed by atoms with Gasteiger partial charge in [0, 0.05) is 18.1 Å². The van der Waals surface area contributed by atoms with Gasteiger partial charge in [-0.2, -0.15) is 0 Å². The van der Waals surface area contributed by atoms with Crippen LogP contribution >= 0.6 is 0 Å². The summed E-state index contributed by atoms with van der Waals surface area (Å²) < 4.78 is 4.88. The zero-order valence-electron chi connectivity index (χ0n) is 12.0. The highest BCUT2D eigenvalue weighted by molar-refractivity contribution is 5.87. The number of nitrogens with zero attached hydrogens (tertiary/aromatic N) is 2. The summed E-state index contributed by atoms with van der Waals surface area (Å²) >= 11 is 0. The van der Waals surface area contributed by atoms with Gasteiger partial charge in [0.2, 0.25) is 0 Å². The second-order valence-electron chi connectivity index (χ2n) is 4.69. The van der Waals surface area contributed by atoms with Crippen LogP contribution in [0.1, 0.15) is 16.7 Å². The van der Waals surface area contributed by atoms with Crippen LogP contribution in [0.25, 0.3) is 0 Å². The van der Waals surface area contributed by atoms with Gasteiger partial charge in [-0.15, -0.1) is 0 Å². The number of carbonyl (C=O) groups is 1. The monoisotopic (exact) mass is 270 g/mol. The van der Waals surface area contributed by atoms with E-state index in [9.17, 15) is 4.79 Å². The molecule has 0 unspecified atom stereocenters. The molecule has 0 saturated heterocycles. The summed E-state index contributed by atoms with van der Waals surface area (Å²) in [6.07, 6.45) is 3.08. The van der Waals surface area contributed by atoms with Crippen molar-refractivity contribution in [2.45, 2.75) is 20.4 Å². The molecule has 2 rings (SSSR count). The van der Waals surface area contributed by atoms with Crippen LogP contribution in [-0.4, -0.2) is 18.2 Å². The van der Waals surface area contributed by atoms with E-state index in [1.54, 1.807) is 17.3 Å². The molecule has 104 valence electrons. The van der Waals surface area contributed by atoms with Gasteiger partial charge in [0.1, 0.15) is 0 Å². The summed E-state index contributed by atoms with van der Waals surface area (Å²) in [5.74, 6) is 0. The third-order valence-corrected chi connectivity index (χ3v) is 3.26. The first-order valence-electron chi connectivity index (χ1n) is 6.43. The SMILES string of the molecule is COC(=O)N(Cc1cccnc1)c1ccc(C)c(C)c1. The average Bonchev–Trinajstić information content (AvgIpc) is 2.48. The van der Waals surface area contributed by atoms with E-state index in [4.69, 9.17) is 4.74 Å². The van der Waals surface area contributed by atoms with Crippen molar-refractivity contribution in [1.82, 2.24) is 4.98 Å². The maximum absolute atomic E-state index is 12.0. The lowest BCUT2D eigenvalue weighted by atomic mass is 10.1. The van der Waals surface area contributed by atoms with E-state index in [2.05, 4.69) is 4.98 Å². The summed E-state index contributed by atoms with van der Waals surface area (Å²) in [5.41, 5.74) is 4.11. The number of pyridine rings is 1. The zero-order valence-corrected chi connectivity index (χ0v) is 12.0. The van der Waals surface area contributed by atoms with Crippen molar-refractivity contribution in [1.29, 1.82) is 0 Å². The van der Waals surface area contributed by atoms with Crippen LogP contribution in [0.3, 0.4) is 0 Å². The Kier molecular flexibility index (Phi) is 4.35. The van der Waals surface area contributed by atoms with Gasteiger partial charge in [-0.25, -0.2) is 4.79 Å². The third kappa shape index (κ3) is 3.15. The Labute approximate surface area is 119 Å². The predicted molar refractivity (Wildman–Crippen MR) is 78.7 cm³/mol. The van der Waals surface area contributed by atoms with E-state index < -0.39 is 0 Å². The Morgan fingerprint density at radius 2 is 2.05 bits per heavy atom. The lowest BCUT2D eigenvalue weighted by Gasteiger charge is -2.22. The minimum absolute atomic E-state index is 0.378. The second kappa shape index (κ2) is 6.19. The number of benzene rings is 1. The molecule has 0 spiro atoms. The Hall–Kier alpha value is -2.36. The molecule has 4 nitrogen and oxygen atoms in total. The number of ether oxygens (including phenoxy) is 1. The Bertz CT molecular complexity index is 597. The summed E-state index contributed by atoms with van der Waals surface area (Å²) in [4.78, 5) is 17.7. The lowest BCUT2D eigenvalue weighted by molar-refractivity contribution is 0.178. The van der Waals surface area contributed by atoms with Gasteiger partial charge in [-0.05, 0) is 48.7 Å². The predicted octanol–water partition coefficient (Wildman–Crippen LogP) is 3.47. The van der Waals surface area contributed by atoms with Crippen LogP contribution in [0.15, 0.2) is 42.7 Å². The van der Waals surface area contributed by atoms with Crippen molar-refractivity contribution in [3.63, 3.8) is 0 Å². The quantitative estimate of drug-likeness (QED) is 0.857. The zero-order chi connectivity index (χ0) is 14.5. The molecule has 0 aliphatic heterocycles. The van der Waals surface area contributed by atoms with Gasteiger partial charge in [0.05, 0.1) is 13.7 Å². The maximum Gasteiger partial charge on any atom is 0.414 e. The normalized spacial score (nSPS) is 10.2. The number of aryl methyl sites for hydroxylation is 2. The molecule has 1 heterocycles. The van der Waals surface area contributed by atoms with E-state index in [0.29, 0.717) is 6.54 Å². The molecule has 1 amide bonds. The molecular weight excluding hydrogens is 252 g/mol. The van der Waals surface area contributed by atoms with E-state index in [-0.39, 0.29) is 6.09 Å². The molecule has 0 saturated carbocycles. The van der Waals surface area contributed by atoms with Crippen molar-refractivity contribution in [3.05, 3.63) is 59.4 Å². The van der Waals surface area contributed by atoms with Crippen LogP contribution in [-0.2, 0) is 11.3 Å². The van der Waals surface area contributed by atoms with Crippen molar-refractivity contribution < 1.29 is 9.53 Å². The molecule has 0 aliphatic carbocycles. The van der Waals surface area contributed by atoms with Crippen LogP contribution in [0, 0.1) is 13.8 Å². The number of hydrogen-bond donors (Lipinski definition) is 0. The first-order chi connectivity index (χ1) is 9.61. The Morgan fingerprint density at radius 1 is 1.25 bits per heavy atom. The number of aromatic nitrogens is 1. The summed E-state index contributed by atoms with van der Waals surface area (Å²) in [6, 6.07) is 9.71. The number of methoxy groups -OCH3 is 1. The van der Waals surface area contributed by atoms with Crippen LogP contribution in [0.2, 0.25) is 0 Å². The molecule has 4 heteroatoms. The van der Waals surface area contributed by atoms with Crippen LogP contribution in [0.5, 0.6) is 0 Å². The van der Waals surface area contributed by atoms with Gasteiger partial charge in [-0.1, -0.05) is 12.1 Å². The van der Waals surface area contributed by atoms with Crippen molar-refractivity contribution in [2.75, 3.05) is 12.0 Å². The smallest absolute Gasteiger partial charge is 0.414 e. The minimum atomic E-state index is -0.378. The lowest BCUT2D eigenvalue weighted by Crippen LogP contribution is -2.30. The number of rotatable bonds is 3. The molecule has 20 heavy (non-hydrogen) atoms. The summed E-state index contributed by atoms with van der Waals surface area (Å²) in [5, 5.41) is 0. The van der Waals surface area contributed by atoms with Crippen molar-refractivity contribution >= 4 is 11.8 Å². The number of amides is 1. The number of carbonyl (C=O) groups excluding carboxylic acids is 1. The molecule has 1 aromatic heterocycles. The molecule has 0 aliphatic rings. The third-order valence-electron chi connectivity index (χ3n) is 3.26. The summed E-state index contributed by atoms with van der Waals surface area (Å²) in [7, 11) is 1.39. The molecule has 0 bridgehead atoms. The molecular formula is C16H18N2O2. The van der Waals surface area contributed by atoms with E-state index >= 15 is 0 Å². The van der Waals surface area contributed by atoms with Gasteiger partial charge < -0.3 is 4.74 Å². The fourth-order valence-electron chi connectivity index (χ4n) is 1.94. The highest BCUT2D eigenvalue weighted by Gasteiger charge is 2.17. The first kappa shape index (κ1) is 14.1.